The van der Waals surface area contributed by atoms with Crippen LogP contribution in [0.2, 0.25) is 0 Å². The average molecular weight is 289 g/mol. The van der Waals surface area contributed by atoms with E-state index in [2.05, 4.69) is 29.2 Å². The zero-order chi connectivity index (χ0) is 13.8. The lowest BCUT2D eigenvalue weighted by molar-refractivity contribution is 0.122. The van der Waals surface area contributed by atoms with Crippen LogP contribution in [0.15, 0.2) is 24.3 Å². The Labute approximate surface area is 129 Å². The molecule has 1 fully saturated rings. The number of benzene rings is 1. The summed E-state index contributed by atoms with van der Waals surface area (Å²) in [5.41, 5.74) is 3.61. The molecule has 0 saturated heterocycles. The molecule has 0 bridgehead atoms. The highest BCUT2D eigenvalue weighted by molar-refractivity contribution is 7.80. The first-order valence-corrected chi connectivity index (χ1v) is 8.85. The molecule has 0 unspecified atom stereocenters. The van der Waals surface area contributed by atoms with Gasteiger partial charge in [-0.1, -0.05) is 43.5 Å². The molecule has 2 heteroatoms. The van der Waals surface area contributed by atoms with Crippen molar-refractivity contribution in [3.05, 3.63) is 35.4 Å². The minimum atomic E-state index is 0.487. The molecular weight excluding hydrogens is 262 g/mol. The highest BCUT2D eigenvalue weighted by Gasteiger charge is 2.33. The Morgan fingerprint density at radius 1 is 1.00 bits per heavy atom. The van der Waals surface area contributed by atoms with Crippen molar-refractivity contribution in [1.29, 1.82) is 0 Å². The molecule has 1 nitrogen and oxygen atoms in total. The van der Waals surface area contributed by atoms with Crippen molar-refractivity contribution in [2.75, 3.05) is 18.8 Å². The summed E-state index contributed by atoms with van der Waals surface area (Å²) in [7, 11) is 0. The van der Waals surface area contributed by atoms with Gasteiger partial charge in [0, 0.05) is 13.1 Å². The number of hydrogen-bond donors (Lipinski definition) is 1. The fourth-order valence-electron chi connectivity index (χ4n) is 4.05. The molecule has 3 rings (SSSR count). The monoisotopic (exact) mass is 289 g/mol. The number of fused-ring (bicyclic) bond motifs is 1. The van der Waals surface area contributed by atoms with E-state index in [1.54, 1.807) is 11.1 Å². The van der Waals surface area contributed by atoms with Crippen molar-refractivity contribution in [3.8, 4) is 0 Å². The largest absolute Gasteiger partial charge is 0.298 e. The van der Waals surface area contributed by atoms with Crippen LogP contribution in [0.25, 0.3) is 0 Å². The second-order valence-electron chi connectivity index (χ2n) is 6.80. The molecule has 1 aromatic carbocycles. The van der Waals surface area contributed by atoms with Gasteiger partial charge in [-0.3, -0.25) is 4.90 Å². The van der Waals surface area contributed by atoms with Crippen LogP contribution in [0.1, 0.15) is 49.7 Å². The fraction of sp³-hybridized carbons (Fsp3) is 0.667. The Kier molecular flexibility index (Phi) is 4.72. The number of thiol groups is 1. The minimum absolute atomic E-state index is 0.487. The maximum atomic E-state index is 4.70. The van der Waals surface area contributed by atoms with Crippen LogP contribution in [0.3, 0.4) is 0 Å². The van der Waals surface area contributed by atoms with Gasteiger partial charge in [-0.25, -0.2) is 0 Å². The van der Waals surface area contributed by atoms with Gasteiger partial charge in [0.05, 0.1) is 0 Å². The summed E-state index contributed by atoms with van der Waals surface area (Å²) in [4.78, 5) is 2.70. The maximum absolute atomic E-state index is 4.70. The van der Waals surface area contributed by atoms with Crippen molar-refractivity contribution < 1.29 is 0 Å². The summed E-state index contributed by atoms with van der Waals surface area (Å²) in [5.74, 6) is 1.06. The van der Waals surface area contributed by atoms with Gasteiger partial charge in [0.25, 0.3) is 0 Å². The van der Waals surface area contributed by atoms with Crippen LogP contribution in [0, 0.1) is 5.41 Å². The Hall–Kier alpha value is -0.470. The van der Waals surface area contributed by atoms with E-state index in [1.165, 1.54) is 58.0 Å². The second-order valence-corrected chi connectivity index (χ2v) is 7.12. The van der Waals surface area contributed by atoms with Crippen molar-refractivity contribution >= 4 is 12.6 Å². The van der Waals surface area contributed by atoms with Gasteiger partial charge in [0.15, 0.2) is 0 Å². The van der Waals surface area contributed by atoms with Crippen LogP contribution in [-0.4, -0.2) is 23.7 Å². The third kappa shape index (κ3) is 3.23. The van der Waals surface area contributed by atoms with Gasteiger partial charge in [0.2, 0.25) is 0 Å². The third-order valence-corrected chi connectivity index (χ3v) is 5.91. The Balaban J connectivity index is 1.71. The predicted octanol–water partition coefficient (Wildman–Crippen LogP) is 4.32. The SMILES string of the molecule is SCC1(CN2CCCc3ccccc3C2)CCCCC1. The first-order chi connectivity index (χ1) is 9.81. The normalized spacial score (nSPS) is 23.1. The molecule has 110 valence electrons. The summed E-state index contributed by atoms with van der Waals surface area (Å²) in [6.45, 7) is 3.65. The molecular formula is C18H27NS. The quantitative estimate of drug-likeness (QED) is 0.811. The number of aryl methyl sites for hydroxylation is 1. The van der Waals surface area contributed by atoms with Crippen molar-refractivity contribution in [2.24, 2.45) is 5.41 Å². The molecule has 0 spiro atoms. The molecule has 0 atom stereocenters. The lowest BCUT2D eigenvalue weighted by Crippen LogP contribution is -2.40. The van der Waals surface area contributed by atoms with Gasteiger partial charge in [-0.2, -0.15) is 12.6 Å². The number of rotatable bonds is 3. The van der Waals surface area contributed by atoms with Gasteiger partial charge in [-0.05, 0) is 54.5 Å². The maximum Gasteiger partial charge on any atom is 0.0236 e. The van der Waals surface area contributed by atoms with E-state index in [1.807, 2.05) is 0 Å². The Bertz CT molecular complexity index is 437. The van der Waals surface area contributed by atoms with E-state index >= 15 is 0 Å². The van der Waals surface area contributed by atoms with Crippen molar-refractivity contribution in [1.82, 2.24) is 4.90 Å². The van der Waals surface area contributed by atoms with E-state index in [0.29, 0.717) is 5.41 Å². The number of hydrogen-bond acceptors (Lipinski definition) is 2. The molecule has 0 N–H and O–H groups in total. The van der Waals surface area contributed by atoms with E-state index in [-0.39, 0.29) is 0 Å². The molecule has 1 saturated carbocycles. The molecule has 0 aromatic heterocycles. The van der Waals surface area contributed by atoms with Crippen LogP contribution < -0.4 is 0 Å². The van der Waals surface area contributed by atoms with Crippen LogP contribution >= 0.6 is 12.6 Å². The molecule has 1 aliphatic carbocycles. The van der Waals surface area contributed by atoms with Gasteiger partial charge < -0.3 is 0 Å². The summed E-state index contributed by atoms with van der Waals surface area (Å²) in [6, 6.07) is 9.01. The van der Waals surface area contributed by atoms with Crippen LogP contribution in [0.5, 0.6) is 0 Å². The van der Waals surface area contributed by atoms with Gasteiger partial charge in [0.1, 0.15) is 0 Å². The van der Waals surface area contributed by atoms with E-state index in [4.69, 9.17) is 12.6 Å². The third-order valence-electron chi connectivity index (χ3n) is 5.24. The molecule has 20 heavy (non-hydrogen) atoms. The topological polar surface area (TPSA) is 3.24 Å². The standard InChI is InChI=1S/C18H27NS/c20-15-18(10-4-1-5-11-18)14-19-12-6-9-16-7-2-3-8-17(16)13-19/h2-3,7-8,20H,1,4-6,9-15H2. The summed E-state index contributed by atoms with van der Waals surface area (Å²) in [6.07, 6.45) is 9.57. The summed E-state index contributed by atoms with van der Waals surface area (Å²) >= 11 is 4.70. The van der Waals surface area contributed by atoms with Gasteiger partial charge >= 0.3 is 0 Å². The molecule has 0 radical (unpaired) electrons. The molecule has 1 aromatic rings. The van der Waals surface area contributed by atoms with E-state index in [9.17, 15) is 0 Å². The van der Waals surface area contributed by atoms with E-state index in [0.717, 1.165) is 12.3 Å². The van der Waals surface area contributed by atoms with E-state index < -0.39 is 0 Å². The molecule has 1 heterocycles. The zero-order valence-corrected chi connectivity index (χ0v) is 13.4. The van der Waals surface area contributed by atoms with Crippen molar-refractivity contribution in [2.45, 2.75) is 51.5 Å². The highest BCUT2D eigenvalue weighted by atomic mass is 32.1. The van der Waals surface area contributed by atoms with Crippen LogP contribution in [0.4, 0.5) is 0 Å². The van der Waals surface area contributed by atoms with Crippen molar-refractivity contribution in [3.63, 3.8) is 0 Å². The fourth-order valence-corrected chi connectivity index (χ4v) is 4.46. The molecule has 0 amide bonds. The highest BCUT2D eigenvalue weighted by Crippen LogP contribution is 2.38. The predicted molar refractivity (Wildman–Crippen MR) is 89.4 cm³/mol. The lowest BCUT2D eigenvalue weighted by atomic mass is 9.75. The van der Waals surface area contributed by atoms with Crippen LogP contribution in [-0.2, 0) is 13.0 Å². The average Bonchev–Trinajstić information content (AvgIpc) is 2.69. The first-order valence-electron chi connectivity index (χ1n) is 8.21. The smallest absolute Gasteiger partial charge is 0.0236 e. The first kappa shape index (κ1) is 14.5. The molecule has 1 aliphatic heterocycles. The van der Waals surface area contributed by atoms with Gasteiger partial charge in [-0.15, -0.1) is 0 Å². The number of nitrogens with zero attached hydrogens (tertiary/aromatic N) is 1. The zero-order valence-electron chi connectivity index (χ0n) is 12.5. The summed E-state index contributed by atoms with van der Waals surface area (Å²) < 4.78 is 0. The molecule has 2 aliphatic rings. The Morgan fingerprint density at radius 3 is 2.50 bits per heavy atom. The lowest BCUT2D eigenvalue weighted by Gasteiger charge is -2.40. The minimum Gasteiger partial charge on any atom is -0.298 e. The second kappa shape index (κ2) is 6.53. The Morgan fingerprint density at radius 2 is 1.75 bits per heavy atom. The summed E-state index contributed by atoms with van der Waals surface area (Å²) in [5, 5.41) is 0.